The summed E-state index contributed by atoms with van der Waals surface area (Å²) in [6.07, 6.45) is 1.91. The van der Waals surface area contributed by atoms with Crippen molar-refractivity contribution in [3.05, 3.63) is 60.7 Å². The highest BCUT2D eigenvalue weighted by molar-refractivity contribution is 6.99. The van der Waals surface area contributed by atoms with Crippen molar-refractivity contribution in [2.75, 3.05) is 13.2 Å². The monoisotopic (exact) mass is 481 g/mol. The van der Waals surface area contributed by atoms with Crippen molar-refractivity contribution >= 4 is 31.1 Å². The summed E-state index contributed by atoms with van der Waals surface area (Å²) < 4.78 is 12.8. The molecule has 2 atom stereocenters. The summed E-state index contributed by atoms with van der Waals surface area (Å²) in [5.74, 6) is -0.0774. The number of ether oxygens (including phenoxy) is 1. The lowest BCUT2D eigenvalue weighted by Crippen LogP contribution is -2.67. The molecule has 1 aliphatic heterocycles. The Morgan fingerprint density at radius 1 is 0.971 bits per heavy atom. The summed E-state index contributed by atoms with van der Waals surface area (Å²) >= 11 is 0. The van der Waals surface area contributed by atoms with Crippen LogP contribution in [0.15, 0.2) is 60.7 Å². The van der Waals surface area contributed by atoms with Crippen LogP contribution in [0.5, 0.6) is 0 Å². The topological polar surface area (TPSA) is 55.8 Å². The molecule has 0 unspecified atom stereocenters. The smallest absolute Gasteiger partial charge is 0.410 e. The number of aldehydes is 1. The number of hydrogen-bond acceptors (Lipinski definition) is 4. The van der Waals surface area contributed by atoms with Gasteiger partial charge in [-0.3, -0.25) is 0 Å². The van der Waals surface area contributed by atoms with Crippen LogP contribution in [0.25, 0.3) is 0 Å². The van der Waals surface area contributed by atoms with Crippen LogP contribution in [-0.4, -0.2) is 50.4 Å². The van der Waals surface area contributed by atoms with Gasteiger partial charge in [-0.05, 0) is 49.0 Å². The molecule has 6 heteroatoms. The zero-order chi connectivity index (χ0) is 25.0. The normalized spacial score (nSPS) is 19.5. The van der Waals surface area contributed by atoms with Gasteiger partial charge in [0.2, 0.25) is 0 Å². The van der Waals surface area contributed by atoms with Gasteiger partial charge in [-0.15, -0.1) is 0 Å². The van der Waals surface area contributed by atoms with Gasteiger partial charge < -0.3 is 18.9 Å². The van der Waals surface area contributed by atoms with Gasteiger partial charge in [0.15, 0.2) is 0 Å². The quantitative estimate of drug-likeness (QED) is 0.440. The van der Waals surface area contributed by atoms with Gasteiger partial charge in [-0.2, -0.15) is 0 Å². The van der Waals surface area contributed by atoms with E-state index in [2.05, 4.69) is 69.3 Å². The molecule has 1 saturated heterocycles. The lowest BCUT2D eigenvalue weighted by molar-refractivity contribution is -0.113. The predicted molar refractivity (Wildman–Crippen MR) is 139 cm³/mol. The second-order valence-corrected chi connectivity index (χ2v) is 15.5. The van der Waals surface area contributed by atoms with Gasteiger partial charge in [0.25, 0.3) is 8.32 Å². The maximum atomic E-state index is 13.1. The largest absolute Gasteiger partial charge is 0.444 e. The molecule has 0 spiro atoms. The maximum Gasteiger partial charge on any atom is 0.410 e. The SMILES string of the molecule is CC(C)(C)OC(=O)N1CC[C@H](C=O)C[C@@H]1CO[Si](c1ccccc1)(c1ccccc1)C(C)(C)C. The number of likely N-dealkylation sites (tertiary alicyclic amines) is 1. The summed E-state index contributed by atoms with van der Waals surface area (Å²) in [6, 6.07) is 20.7. The molecule has 1 amide bonds. The van der Waals surface area contributed by atoms with Crippen molar-refractivity contribution in [3.8, 4) is 0 Å². The van der Waals surface area contributed by atoms with E-state index in [4.69, 9.17) is 9.16 Å². The van der Waals surface area contributed by atoms with Crippen molar-refractivity contribution < 1.29 is 18.8 Å². The third-order valence-corrected chi connectivity index (χ3v) is 11.5. The van der Waals surface area contributed by atoms with E-state index in [9.17, 15) is 9.59 Å². The predicted octanol–water partition coefficient (Wildman–Crippen LogP) is 4.78. The highest BCUT2D eigenvalue weighted by Gasteiger charge is 2.51. The van der Waals surface area contributed by atoms with E-state index in [0.29, 0.717) is 26.0 Å². The van der Waals surface area contributed by atoms with E-state index in [1.54, 1.807) is 4.90 Å². The van der Waals surface area contributed by atoms with Crippen LogP contribution in [0.1, 0.15) is 54.4 Å². The molecule has 1 aliphatic rings. The summed E-state index contributed by atoms with van der Waals surface area (Å²) in [5, 5.41) is 2.23. The standard InChI is InChI=1S/C28H39NO4Si/c1-27(2,3)33-26(31)29-18-17-22(20-30)19-23(29)21-32-34(28(4,5)6,24-13-9-7-10-14-24)25-15-11-8-12-16-25/h7-16,20,22-23H,17-19,21H2,1-6H3/t22-,23+/m0/s1. The maximum absolute atomic E-state index is 13.1. The highest BCUT2D eigenvalue weighted by Crippen LogP contribution is 2.37. The van der Waals surface area contributed by atoms with Crippen LogP contribution in [0.3, 0.4) is 0 Å². The summed E-state index contributed by atoms with van der Waals surface area (Å²) in [6.45, 7) is 13.2. The van der Waals surface area contributed by atoms with Gasteiger partial charge in [0.05, 0.1) is 12.6 Å². The molecule has 0 aliphatic carbocycles. The fraction of sp³-hybridized carbons (Fsp3) is 0.500. The Kier molecular flexibility index (Phi) is 8.04. The van der Waals surface area contributed by atoms with Crippen LogP contribution in [-0.2, 0) is 14.0 Å². The van der Waals surface area contributed by atoms with Crippen molar-refractivity contribution in [2.45, 2.75) is 71.1 Å². The van der Waals surface area contributed by atoms with Crippen LogP contribution < -0.4 is 10.4 Å². The van der Waals surface area contributed by atoms with Crippen molar-refractivity contribution in [1.82, 2.24) is 4.90 Å². The minimum atomic E-state index is -2.74. The Hall–Kier alpha value is -2.44. The molecule has 0 saturated carbocycles. The lowest BCUT2D eigenvalue weighted by Gasteiger charge is -2.45. The lowest BCUT2D eigenvalue weighted by atomic mass is 9.93. The van der Waals surface area contributed by atoms with Gasteiger partial charge >= 0.3 is 6.09 Å². The Bertz CT molecular complexity index is 910. The number of carbonyl (C=O) groups is 2. The van der Waals surface area contributed by atoms with Gasteiger partial charge in [-0.1, -0.05) is 81.4 Å². The zero-order valence-electron chi connectivity index (χ0n) is 21.4. The van der Waals surface area contributed by atoms with E-state index in [-0.39, 0.29) is 23.1 Å². The average Bonchev–Trinajstić information content (AvgIpc) is 2.78. The number of nitrogens with zero attached hydrogens (tertiary/aromatic N) is 1. The fourth-order valence-corrected chi connectivity index (χ4v) is 9.51. The Morgan fingerprint density at radius 2 is 1.50 bits per heavy atom. The second kappa shape index (κ2) is 10.4. The molecule has 0 N–H and O–H groups in total. The summed E-state index contributed by atoms with van der Waals surface area (Å²) in [5.41, 5.74) is -0.581. The third-order valence-electron chi connectivity index (χ3n) is 6.49. The third kappa shape index (κ3) is 5.78. The highest BCUT2D eigenvalue weighted by atomic mass is 28.4. The fourth-order valence-electron chi connectivity index (χ4n) is 4.91. The first-order chi connectivity index (χ1) is 16.0. The molecule has 0 bridgehead atoms. The number of benzene rings is 2. The summed E-state index contributed by atoms with van der Waals surface area (Å²) in [4.78, 5) is 26.5. The Balaban J connectivity index is 2.00. The van der Waals surface area contributed by atoms with E-state index < -0.39 is 13.9 Å². The van der Waals surface area contributed by atoms with Crippen LogP contribution >= 0.6 is 0 Å². The average molecular weight is 482 g/mol. The molecule has 1 heterocycles. The zero-order valence-corrected chi connectivity index (χ0v) is 22.4. The summed E-state index contributed by atoms with van der Waals surface area (Å²) in [7, 11) is -2.74. The molecule has 3 rings (SSSR count). The minimum absolute atomic E-state index is 0.0774. The van der Waals surface area contributed by atoms with E-state index in [1.165, 1.54) is 10.4 Å². The van der Waals surface area contributed by atoms with Gasteiger partial charge in [-0.25, -0.2) is 4.79 Å². The molecule has 1 fully saturated rings. The molecule has 184 valence electrons. The van der Waals surface area contributed by atoms with Crippen molar-refractivity contribution in [1.29, 1.82) is 0 Å². The Labute approximate surface area is 205 Å². The van der Waals surface area contributed by atoms with E-state index in [1.807, 2.05) is 32.9 Å². The molecule has 0 aromatic heterocycles. The number of piperidine rings is 1. The Morgan fingerprint density at radius 3 is 1.94 bits per heavy atom. The van der Waals surface area contributed by atoms with Crippen LogP contribution in [0.4, 0.5) is 4.79 Å². The van der Waals surface area contributed by atoms with Crippen LogP contribution in [0.2, 0.25) is 5.04 Å². The first kappa shape index (κ1) is 26.2. The molecular formula is C28H39NO4Si. The van der Waals surface area contributed by atoms with Gasteiger partial charge in [0.1, 0.15) is 11.9 Å². The molecule has 0 radical (unpaired) electrons. The first-order valence-corrected chi connectivity index (χ1v) is 14.1. The molecule has 5 nitrogen and oxygen atoms in total. The molecular weight excluding hydrogens is 442 g/mol. The second-order valence-electron chi connectivity index (χ2n) is 11.2. The van der Waals surface area contributed by atoms with Gasteiger partial charge in [0, 0.05) is 12.5 Å². The molecule has 2 aromatic carbocycles. The molecule has 2 aromatic rings. The van der Waals surface area contributed by atoms with Crippen molar-refractivity contribution in [2.24, 2.45) is 5.92 Å². The number of hydrogen-bond donors (Lipinski definition) is 0. The van der Waals surface area contributed by atoms with E-state index in [0.717, 1.165) is 6.29 Å². The van der Waals surface area contributed by atoms with Crippen LogP contribution in [0, 0.1) is 5.92 Å². The number of rotatable bonds is 6. The number of carbonyl (C=O) groups excluding carboxylic acids is 2. The molecule has 34 heavy (non-hydrogen) atoms. The number of amides is 1. The van der Waals surface area contributed by atoms with E-state index >= 15 is 0 Å². The first-order valence-electron chi connectivity index (χ1n) is 12.2. The minimum Gasteiger partial charge on any atom is -0.444 e. The van der Waals surface area contributed by atoms with Crippen molar-refractivity contribution in [3.63, 3.8) is 0 Å².